The molecule has 0 bridgehead atoms. The topological polar surface area (TPSA) is 24.9 Å². The third-order valence-corrected chi connectivity index (χ3v) is 2.99. The fourth-order valence-corrected chi connectivity index (χ4v) is 1.99. The van der Waals surface area contributed by atoms with Gasteiger partial charge in [0, 0.05) is 36.5 Å². The van der Waals surface area contributed by atoms with Crippen molar-refractivity contribution in [2.45, 2.75) is 19.4 Å². The van der Waals surface area contributed by atoms with Crippen molar-refractivity contribution in [3.8, 4) is 0 Å². The summed E-state index contributed by atoms with van der Waals surface area (Å²) < 4.78 is 27.1. The van der Waals surface area contributed by atoms with E-state index in [2.05, 4.69) is 10.3 Å². The zero-order valence-electron chi connectivity index (χ0n) is 10.7. The molecule has 1 heterocycles. The minimum Gasteiger partial charge on any atom is -0.310 e. The Morgan fingerprint density at radius 1 is 1.11 bits per heavy atom. The molecule has 0 aliphatic heterocycles. The van der Waals surface area contributed by atoms with E-state index in [4.69, 9.17) is 0 Å². The highest BCUT2D eigenvalue weighted by Crippen LogP contribution is 2.19. The van der Waals surface area contributed by atoms with E-state index in [0.29, 0.717) is 6.54 Å². The number of nitrogens with one attached hydrogen (secondary N) is 1. The summed E-state index contributed by atoms with van der Waals surface area (Å²) in [7, 11) is 0. The van der Waals surface area contributed by atoms with Crippen molar-refractivity contribution < 1.29 is 8.78 Å². The van der Waals surface area contributed by atoms with Crippen LogP contribution in [0.3, 0.4) is 0 Å². The van der Waals surface area contributed by atoms with Crippen LogP contribution in [0.4, 0.5) is 8.78 Å². The Morgan fingerprint density at radius 2 is 1.84 bits per heavy atom. The number of hydrogen-bond acceptors (Lipinski definition) is 2. The van der Waals surface area contributed by atoms with E-state index < -0.39 is 11.6 Å². The predicted molar refractivity (Wildman–Crippen MR) is 70.7 cm³/mol. The molecule has 4 heteroatoms. The van der Waals surface area contributed by atoms with Gasteiger partial charge in [-0.25, -0.2) is 8.78 Å². The molecule has 0 saturated heterocycles. The molecular weight excluding hydrogens is 246 g/mol. The summed E-state index contributed by atoms with van der Waals surface area (Å²) in [5.74, 6) is -1.03. The first-order valence-corrected chi connectivity index (χ1v) is 6.25. The van der Waals surface area contributed by atoms with E-state index in [1.807, 2.05) is 18.2 Å². The summed E-state index contributed by atoms with van der Waals surface area (Å²) in [6.45, 7) is 2.37. The summed E-state index contributed by atoms with van der Waals surface area (Å²) in [6, 6.07) is 9.25. The lowest BCUT2D eigenvalue weighted by Gasteiger charge is -2.15. The third-order valence-electron chi connectivity index (χ3n) is 2.99. The largest absolute Gasteiger partial charge is 0.310 e. The molecule has 1 N–H and O–H groups in total. The van der Waals surface area contributed by atoms with Crippen LogP contribution in [0.25, 0.3) is 0 Å². The number of aromatic nitrogens is 1. The number of halogens is 2. The van der Waals surface area contributed by atoms with Crippen LogP contribution in [0, 0.1) is 11.6 Å². The van der Waals surface area contributed by atoms with Gasteiger partial charge in [-0.15, -0.1) is 0 Å². The predicted octanol–water partition coefficient (Wildman–Crippen LogP) is 3.25. The highest BCUT2D eigenvalue weighted by molar-refractivity contribution is 5.22. The van der Waals surface area contributed by atoms with Gasteiger partial charge in [-0.05, 0) is 31.2 Å². The van der Waals surface area contributed by atoms with Gasteiger partial charge in [0.15, 0.2) is 0 Å². The van der Waals surface area contributed by atoms with Crippen molar-refractivity contribution in [2.24, 2.45) is 0 Å². The molecule has 2 aromatic rings. The van der Waals surface area contributed by atoms with E-state index in [-0.39, 0.29) is 11.6 Å². The molecule has 1 aromatic heterocycles. The standard InChI is InChI=1S/C15H16F2N2/c1-11(15-13(16)6-4-7-14(15)17)18-10-8-12-5-2-3-9-19-12/h2-7,9,11,18H,8,10H2,1H3. The fourth-order valence-electron chi connectivity index (χ4n) is 1.99. The van der Waals surface area contributed by atoms with Crippen LogP contribution in [0.5, 0.6) is 0 Å². The number of nitrogens with zero attached hydrogens (tertiary/aromatic N) is 1. The molecule has 0 spiro atoms. The lowest BCUT2D eigenvalue weighted by atomic mass is 10.1. The minimum absolute atomic E-state index is 0.0866. The summed E-state index contributed by atoms with van der Waals surface area (Å²) in [4.78, 5) is 4.20. The zero-order valence-corrected chi connectivity index (χ0v) is 10.7. The molecule has 0 radical (unpaired) electrons. The van der Waals surface area contributed by atoms with E-state index in [0.717, 1.165) is 12.1 Å². The summed E-state index contributed by atoms with van der Waals surface area (Å²) in [5, 5.41) is 3.11. The Hall–Kier alpha value is -1.81. The lowest BCUT2D eigenvalue weighted by molar-refractivity contribution is 0.489. The Morgan fingerprint density at radius 3 is 2.47 bits per heavy atom. The van der Waals surface area contributed by atoms with Gasteiger partial charge in [0.2, 0.25) is 0 Å². The second-order valence-corrected chi connectivity index (χ2v) is 4.38. The Kier molecular flexibility index (Phi) is 4.58. The zero-order chi connectivity index (χ0) is 13.7. The molecule has 2 rings (SSSR count). The smallest absolute Gasteiger partial charge is 0.130 e. The van der Waals surface area contributed by atoms with Gasteiger partial charge < -0.3 is 5.32 Å². The number of rotatable bonds is 5. The molecule has 0 aliphatic rings. The van der Waals surface area contributed by atoms with Crippen LogP contribution >= 0.6 is 0 Å². The molecule has 1 unspecified atom stereocenters. The average molecular weight is 262 g/mol. The molecule has 0 saturated carbocycles. The molecule has 100 valence electrons. The van der Waals surface area contributed by atoms with E-state index >= 15 is 0 Å². The minimum atomic E-state index is -0.516. The SMILES string of the molecule is CC(NCCc1ccccn1)c1c(F)cccc1F. The monoisotopic (exact) mass is 262 g/mol. The summed E-state index contributed by atoms with van der Waals surface area (Å²) in [5.41, 5.74) is 1.04. The van der Waals surface area contributed by atoms with Crippen molar-refractivity contribution in [1.29, 1.82) is 0 Å². The van der Waals surface area contributed by atoms with Gasteiger partial charge in [0.25, 0.3) is 0 Å². The molecule has 0 aliphatic carbocycles. The Bertz CT molecular complexity index is 509. The average Bonchev–Trinajstić information content (AvgIpc) is 2.40. The Labute approximate surface area is 111 Å². The van der Waals surface area contributed by atoms with Crippen LogP contribution in [-0.4, -0.2) is 11.5 Å². The van der Waals surface area contributed by atoms with Crippen LogP contribution in [-0.2, 0) is 6.42 Å². The van der Waals surface area contributed by atoms with Gasteiger partial charge in [0.05, 0.1) is 0 Å². The summed E-state index contributed by atoms with van der Waals surface area (Å²) >= 11 is 0. The van der Waals surface area contributed by atoms with Crippen LogP contribution < -0.4 is 5.32 Å². The summed E-state index contributed by atoms with van der Waals surface area (Å²) in [6.07, 6.45) is 2.45. The van der Waals surface area contributed by atoms with Crippen LogP contribution in [0.15, 0.2) is 42.6 Å². The quantitative estimate of drug-likeness (QED) is 0.894. The van der Waals surface area contributed by atoms with Gasteiger partial charge >= 0.3 is 0 Å². The molecule has 19 heavy (non-hydrogen) atoms. The maximum atomic E-state index is 13.6. The highest BCUT2D eigenvalue weighted by Gasteiger charge is 2.14. The molecule has 1 atom stereocenters. The van der Waals surface area contributed by atoms with Crippen molar-refractivity contribution in [3.63, 3.8) is 0 Å². The first kappa shape index (κ1) is 13.6. The van der Waals surface area contributed by atoms with Gasteiger partial charge in [-0.3, -0.25) is 4.98 Å². The van der Waals surface area contributed by atoms with Crippen molar-refractivity contribution in [2.75, 3.05) is 6.54 Å². The maximum Gasteiger partial charge on any atom is 0.130 e. The van der Waals surface area contributed by atoms with Crippen LogP contribution in [0.1, 0.15) is 24.2 Å². The highest BCUT2D eigenvalue weighted by atomic mass is 19.1. The van der Waals surface area contributed by atoms with Crippen molar-refractivity contribution in [3.05, 3.63) is 65.5 Å². The normalized spacial score (nSPS) is 12.4. The number of hydrogen-bond donors (Lipinski definition) is 1. The lowest BCUT2D eigenvalue weighted by Crippen LogP contribution is -2.23. The molecular formula is C15H16F2N2. The first-order chi connectivity index (χ1) is 9.18. The fraction of sp³-hybridized carbons (Fsp3) is 0.267. The first-order valence-electron chi connectivity index (χ1n) is 6.25. The second kappa shape index (κ2) is 6.38. The maximum absolute atomic E-state index is 13.6. The van der Waals surface area contributed by atoms with Crippen molar-refractivity contribution in [1.82, 2.24) is 10.3 Å². The second-order valence-electron chi connectivity index (χ2n) is 4.38. The Balaban J connectivity index is 1.93. The van der Waals surface area contributed by atoms with Crippen LogP contribution in [0.2, 0.25) is 0 Å². The molecule has 1 aromatic carbocycles. The van der Waals surface area contributed by atoms with E-state index in [9.17, 15) is 8.78 Å². The number of benzene rings is 1. The molecule has 2 nitrogen and oxygen atoms in total. The molecule has 0 fully saturated rings. The van der Waals surface area contributed by atoms with Crippen molar-refractivity contribution >= 4 is 0 Å². The van der Waals surface area contributed by atoms with Gasteiger partial charge in [-0.2, -0.15) is 0 Å². The third kappa shape index (κ3) is 3.58. The van der Waals surface area contributed by atoms with E-state index in [1.165, 1.54) is 18.2 Å². The van der Waals surface area contributed by atoms with Gasteiger partial charge in [-0.1, -0.05) is 12.1 Å². The number of pyridine rings is 1. The molecule has 0 amide bonds. The van der Waals surface area contributed by atoms with Gasteiger partial charge in [0.1, 0.15) is 11.6 Å². The van der Waals surface area contributed by atoms with E-state index in [1.54, 1.807) is 13.1 Å².